The Bertz CT molecular complexity index is 1060. The van der Waals surface area contributed by atoms with Gasteiger partial charge < -0.3 is 14.0 Å². The van der Waals surface area contributed by atoms with Crippen molar-refractivity contribution in [2.45, 2.75) is 20.3 Å². The normalized spacial score (nSPS) is 11.5. The molecule has 0 aliphatic heterocycles. The van der Waals surface area contributed by atoms with Crippen LogP contribution in [0.3, 0.4) is 0 Å². The number of ether oxygens (including phenoxy) is 2. The summed E-state index contributed by atoms with van der Waals surface area (Å²) in [6.07, 6.45) is 2.63. The number of aromatic nitrogens is 2. The fraction of sp³-hybridized carbons (Fsp3) is 0.273. The zero-order chi connectivity index (χ0) is 20.1. The van der Waals surface area contributed by atoms with Gasteiger partial charge >= 0.3 is 0 Å². The van der Waals surface area contributed by atoms with Gasteiger partial charge in [0.25, 0.3) is 0 Å². The molecule has 2 aromatic carbocycles. The quantitative estimate of drug-likeness (QED) is 0.497. The molecule has 0 aliphatic rings. The van der Waals surface area contributed by atoms with Crippen molar-refractivity contribution in [3.8, 4) is 17.6 Å². The molecule has 1 aromatic heterocycles. The molecule has 5 nitrogen and oxygen atoms in total. The van der Waals surface area contributed by atoms with Gasteiger partial charge in [-0.05, 0) is 49.2 Å². The molecule has 0 unspecified atom stereocenters. The molecule has 0 radical (unpaired) electrons. The molecule has 0 amide bonds. The minimum atomic E-state index is 0.444. The number of para-hydroxylation sites is 2. The Balaban J connectivity index is 2.07. The lowest BCUT2D eigenvalue weighted by atomic mass is 10.1. The SMILES string of the molecule is CCCOc1c(Cl)cc(/C=C(\C#N)c2nc3ccccc3n2C)cc1OCC. The summed E-state index contributed by atoms with van der Waals surface area (Å²) < 4.78 is 13.4. The van der Waals surface area contributed by atoms with E-state index < -0.39 is 0 Å². The second kappa shape index (κ2) is 8.81. The number of rotatable bonds is 7. The van der Waals surface area contributed by atoms with Crippen LogP contribution in [0.25, 0.3) is 22.7 Å². The number of nitriles is 1. The summed E-state index contributed by atoms with van der Waals surface area (Å²) in [5, 5.41) is 10.2. The number of benzene rings is 2. The zero-order valence-electron chi connectivity index (χ0n) is 16.2. The van der Waals surface area contributed by atoms with Crippen molar-refractivity contribution in [2.24, 2.45) is 7.05 Å². The van der Waals surface area contributed by atoms with Crippen molar-refractivity contribution in [2.75, 3.05) is 13.2 Å². The highest BCUT2D eigenvalue weighted by Gasteiger charge is 2.15. The largest absolute Gasteiger partial charge is 0.490 e. The van der Waals surface area contributed by atoms with Crippen LogP contribution in [0.15, 0.2) is 36.4 Å². The fourth-order valence-electron chi connectivity index (χ4n) is 2.98. The van der Waals surface area contributed by atoms with E-state index in [2.05, 4.69) is 11.1 Å². The van der Waals surface area contributed by atoms with E-state index in [0.29, 0.717) is 41.1 Å². The van der Waals surface area contributed by atoms with Crippen molar-refractivity contribution in [3.05, 3.63) is 52.8 Å². The number of allylic oxidation sites excluding steroid dienone is 1. The maximum Gasteiger partial charge on any atom is 0.179 e. The molecule has 6 heteroatoms. The van der Waals surface area contributed by atoms with E-state index in [1.165, 1.54) is 0 Å². The summed E-state index contributed by atoms with van der Waals surface area (Å²) >= 11 is 6.44. The van der Waals surface area contributed by atoms with Crippen molar-refractivity contribution in [1.29, 1.82) is 5.26 Å². The Labute approximate surface area is 169 Å². The average molecular weight is 396 g/mol. The minimum Gasteiger partial charge on any atom is -0.490 e. The second-order valence-corrected chi connectivity index (χ2v) is 6.67. The van der Waals surface area contributed by atoms with E-state index >= 15 is 0 Å². The van der Waals surface area contributed by atoms with Crippen LogP contribution in [-0.2, 0) is 7.05 Å². The first-order chi connectivity index (χ1) is 13.6. The van der Waals surface area contributed by atoms with Gasteiger partial charge in [-0.15, -0.1) is 0 Å². The van der Waals surface area contributed by atoms with Crippen LogP contribution in [0, 0.1) is 11.3 Å². The smallest absolute Gasteiger partial charge is 0.179 e. The second-order valence-electron chi connectivity index (χ2n) is 6.26. The predicted molar refractivity (Wildman–Crippen MR) is 113 cm³/mol. The van der Waals surface area contributed by atoms with Crippen LogP contribution < -0.4 is 9.47 Å². The third-order valence-corrected chi connectivity index (χ3v) is 4.52. The molecule has 0 saturated carbocycles. The highest BCUT2D eigenvalue weighted by Crippen LogP contribution is 2.38. The molecule has 0 aliphatic carbocycles. The van der Waals surface area contributed by atoms with E-state index in [1.807, 2.05) is 55.8 Å². The molecular formula is C22H22ClN3O2. The molecule has 1 heterocycles. The Kier molecular flexibility index (Phi) is 6.23. The fourth-order valence-corrected chi connectivity index (χ4v) is 3.25. The van der Waals surface area contributed by atoms with Gasteiger partial charge in [-0.2, -0.15) is 5.26 Å². The molecule has 3 rings (SSSR count). The highest BCUT2D eigenvalue weighted by atomic mass is 35.5. The van der Waals surface area contributed by atoms with Crippen LogP contribution in [0.1, 0.15) is 31.7 Å². The molecular weight excluding hydrogens is 374 g/mol. The van der Waals surface area contributed by atoms with E-state index in [4.69, 9.17) is 21.1 Å². The molecule has 0 bridgehead atoms. The highest BCUT2D eigenvalue weighted by molar-refractivity contribution is 6.32. The van der Waals surface area contributed by atoms with Gasteiger partial charge in [0.05, 0.1) is 34.8 Å². The third kappa shape index (κ3) is 3.97. The summed E-state index contributed by atoms with van der Waals surface area (Å²) in [6, 6.07) is 13.6. The number of halogens is 1. The zero-order valence-corrected chi connectivity index (χ0v) is 17.0. The monoisotopic (exact) mass is 395 g/mol. The minimum absolute atomic E-state index is 0.444. The maximum atomic E-state index is 9.74. The summed E-state index contributed by atoms with van der Waals surface area (Å²) in [7, 11) is 1.90. The van der Waals surface area contributed by atoms with Gasteiger partial charge in [-0.1, -0.05) is 30.7 Å². The summed E-state index contributed by atoms with van der Waals surface area (Å²) in [5.41, 5.74) is 3.01. The molecule has 0 N–H and O–H groups in total. The molecule has 28 heavy (non-hydrogen) atoms. The third-order valence-electron chi connectivity index (χ3n) is 4.24. The van der Waals surface area contributed by atoms with E-state index in [1.54, 1.807) is 12.1 Å². The maximum absolute atomic E-state index is 9.74. The van der Waals surface area contributed by atoms with Crippen LogP contribution in [0.5, 0.6) is 11.5 Å². The van der Waals surface area contributed by atoms with Gasteiger partial charge in [0.1, 0.15) is 6.07 Å². The number of nitrogens with zero attached hydrogens (tertiary/aromatic N) is 3. The molecule has 144 valence electrons. The lowest BCUT2D eigenvalue weighted by Gasteiger charge is -2.14. The number of hydrogen-bond donors (Lipinski definition) is 0. The number of fused-ring (bicyclic) bond motifs is 1. The summed E-state index contributed by atoms with van der Waals surface area (Å²) in [6.45, 7) is 4.97. The number of imidazole rings is 1. The molecule has 0 saturated heterocycles. The van der Waals surface area contributed by atoms with Gasteiger partial charge in [0.15, 0.2) is 17.3 Å². The number of hydrogen-bond acceptors (Lipinski definition) is 4. The van der Waals surface area contributed by atoms with Gasteiger partial charge in [-0.3, -0.25) is 0 Å². The lowest BCUT2D eigenvalue weighted by Crippen LogP contribution is -2.01. The van der Waals surface area contributed by atoms with Crippen molar-refractivity contribution in [3.63, 3.8) is 0 Å². The molecule has 3 aromatic rings. The topological polar surface area (TPSA) is 60.1 Å². The average Bonchev–Trinajstić information content (AvgIpc) is 3.02. The predicted octanol–water partition coefficient (Wildman–Crippen LogP) is 5.48. The van der Waals surface area contributed by atoms with Crippen molar-refractivity contribution < 1.29 is 9.47 Å². The molecule has 0 spiro atoms. The Morgan fingerprint density at radius 2 is 2.04 bits per heavy atom. The first-order valence-corrected chi connectivity index (χ1v) is 9.59. The molecule has 0 fully saturated rings. The van der Waals surface area contributed by atoms with Crippen molar-refractivity contribution in [1.82, 2.24) is 9.55 Å². The summed E-state index contributed by atoms with van der Waals surface area (Å²) in [5.74, 6) is 1.70. The van der Waals surface area contributed by atoms with Crippen LogP contribution in [0.2, 0.25) is 5.02 Å². The van der Waals surface area contributed by atoms with Gasteiger partial charge in [0, 0.05) is 7.05 Å². The van der Waals surface area contributed by atoms with E-state index in [9.17, 15) is 5.26 Å². The standard InChI is InChI=1S/C22H22ClN3O2/c1-4-10-28-21-17(23)12-15(13-20(21)27-5-2)11-16(14-24)22-25-18-8-6-7-9-19(18)26(22)3/h6-9,11-13H,4-5,10H2,1-3H3/b16-11+. The van der Waals surface area contributed by atoms with Gasteiger partial charge in [-0.25, -0.2) is 4.98 Å². The Morgan fingerprint density at radius 1 is 1.25 bits per heavy atom. The van der Waals surface area contributed by atoms with Crippen LogP contribution >= 0.6 is 11.6 Å². The first kappa shape index (κ1) is 19.8. The van der Waals surface area contributed by atoms with E-state index in [0.717, 1.165) is 23.0 Å². The molecule has 0 atom stereocenters. The van der Waals surface area contributed by atoms with Gasteiger partial charge in [0.2, 0.25) is 0 Å². The lowest BCUT2D eigenvalue weighted by molar-refractivity contribution is 0.277. The summed E-state index contributed by atoms with van der Waals surface area (Å²) in [4.78, 5) is 4.60. The number of aryl methyl sites for hydroxylation is 1. The van der Waals surface area contributed by atoms with Crippen molar-refractivity contribution >= 4 is 34.3 Å². The first-order valence-electron chi connectivity index (χ1n) is 9.21. The van der Waals surface area contributed by atoms with E-state index in [-0.39, 0.29) is 0 Å². The Hall–Kier alpha value is -2.97. The van der Waals surface area contributed by atoms with Crippen LogP contribution in [0.4, 0.5) is 0 Å². The Morgan fingerprint density at radius 3 is 2.71 bits per heavy atom. The van der Waals surface area contributed by atoms with Crippen LogP contribution in [-0.4, -0.2) is 22.8 Å².